The number of rotatable bonds is 3. The van der Waals surface area contributed by atoms with E-state index >= 15 is 0 Å². The van der Waals surface area contributed by atoms with Crippen LogP contribution in [0.25, 0.3) is 0 Å². The van der Waals surface area contributed by atoms with E-state index < -0.39 is 24.6 Å². The molecule has 8 atom stereocenters. The van der Waals surface area contributed by atoms with Crippen molar-refractivity contribution in [3.8, 4) is 0 Å². The average Bonchev–Trinajstić information content (AvgIpc) is 2.38. The van der Waals surface area contributed by atoms with Crippen LogP contribution in [0.5, 0.6) is 0 Å². The number of aliphatic hydroxyl groups is 2. The summed E-state index contributed by atoms with van der Waals surface area (Å²) in [7, 11) is 1.66. The molecule has 0 bridgehead atoms. The summed E-state index contributed by atoms with van der Waals surface area (Å²) in [6.07, 6.45) is -1.96. The van der Waals surface area contributed by atoms with Gasteiger partial charge in [-0.1, -0.05) is 0 Å². The molecule has 2 saturated heterocycles. The highest BCUT2D eigenvalue weighted by atomic mass is 16.7. The van der Waals surface area contributed by atoms with E-state index in [9.17, 15) is 10.2 Å². The zero-order chi connectivity index (χ0) is 14.9. The highest BCUT2D eigenvalue weighted by molar-refractivity contribution is 4.86. The van der Waals surface area contributed by atoms with E-state index in [1.807, 2.05) is 13.8 Å². The molecule has 0 amide bonds. The maximum Gasteiger partial charge on any atom is 0.161 e. The highest BCUT2D eigenvalue weighted by Crippen LogP contribution is 2.29. The van der Waals surface area contributed by atoms with Crippen molar-refractivity contribution in [1.29, 1.82) is 0 Å². The Balaban J connectivity index is 1.97. The van der Waals surface area contributed by atoms with Gasteiger partial charge in [0, 0.05) is 20.0 Å². The van der Waals surface area contributed by atoms with E-state index in [0.29, 0.717) is 0 Å². The van der Waals surface area contributed by atoms with Gasteiger partial charge in [0.1, 0.15) is 12.2 Å². The first kappa shape index (κ1) is 16.1. The lowest BCUT2D eigenvalue weighted by atomic mass is 9.98. The lowest BCUT2D eigenvalue weighted by Crippen LogP contribution is -2.53. The summed E-state index contributed by atoms with van der Waals surface area (Å²) < 4.78 is 22.8. The quantitative estimate of drug-likeness (QED) is 0.785. The van der Waals surface area contributed by atoms with Gasteiger partial charge in [0.25, 0.3) is 0 Å². The van der Waals surface area contributed by atoms with Gasteiger partial charge in [0.05, 0.1) is 30.5 Å². The fourth-order valence-electron chi connectivity index (χ4n) is 2.98. The van der Waals surface area contributed by atoms with E-state index in [4.69, 9.17) is 18.9 Å². The zero-order valence-corrected chi connectivity index (χ0v) is 12.6. The molecular formula is C14H26O6. The minimum Gasteiger partial charge on any atom is -0.390 e. The lowest BCUT2D eigenvalue weighted by Gasteiger charge is -2.42. The Hall–Kier alpha value is -0.240. The average molecular weight is 290 g/mol. The van der Waals surface area contributed by atoms with Gasteiger partial charge >= 0.3 is 0 Å². The van der Waals surface area contributed by atoms with Crippen LogP contribution in [0.15, 0.2) is 0 Å². The topological polar surface area (TPSA) is 77.4 Å². The van der Waals surface area contributed by atoms with Gasteiger partial charge in [-0.05, 0) is 20.8 Å². The highest BCUT2D eigenvalue weighted by Gasteiger charge is 2.41. The summed E-state index contributed by atoms with van der Waals surface area (Å²) >= 11 is 0. The monoisotopic (exact) mass is 290 g/mol. The molecule has 2 aliphatic rings. The van der Waals surface area contributed by atoms with Crippen molar-refractivity contribution < 1.29 is 29.2 Å². The minimum atomic E-state index is -0.867. The predicted molar refractivity (Wildman–Crippen MR) is 71.3 cm³/mol. The summed E-state index contributed by atoms with van der Waals surface area (Å²) in [4.78, 5) is 0. The molecule has 0 aliphatic carbocycles. The van der Waals surface area contributed by atoms with Crippen LogP contribution in [0, 0.1) is 0 Å². The Labute approximate surface area is 120 Å². The number of aliphatic hydroxyl groups excluding tert-OH is 2. The SMILES string of the molecule is COC1CC(C)OC(C)C1OC1CC(O)C(O)C(C)O1. The van der Waals surface area contributed by atoms with E-state index in [1.165, 1.54) is 0 Å². The standard InChI is InChI=1S/C14H26O6/c1-7-5-11(17-4)14(9(3)18-7)20-12-6-10(15)13(16)8(2)19-12/h7-16H,5-6H2,1-4H3. The van der Waals surface area contributed by atoms with Gasteiger partial charge in [-0.2, -0.15) is 0 Å². The molecule has 118 valence electrons. The van der Waals surface area contributed by atoms with Gasteiger partial charge in [-0.25, -0.2) is 0 Å². The zero-order valence-electron chi connectivity index (χ0n) is 12.6. The van der Waals surface area contributed by atoms with E-state index in [0.717, 1.165) is 6.42 Å². The van der Waals surface area contributed by atoms with Crippen molar-refractivity contribution >= 4 is 0 Å². The third-order valence-corrected chi connectivity index (χ3v) is 4.13. The van der Waals surface area contributed by atoms with Gasteiger partial charge < -0.3 is 29.2 Å². The molecule has 0 aromatic carbocycles. The first-order chi connectivity index (χ1) is 9.42. The van der Waals surface area contributed by atoms with Gasteiger partial charge in [0.2, 0.25) is 0 Å². The van der Waals surface area contributed by atoms with Gasteiger partial charge in [0.15, 0.2) is 6.29 Å². The Morgan fingerprint density at radius 3 is 2.30 bits per heavy atom. The molecule has 8 unspecified atom stereocenters. The molecule has 0 aromatic heterocycles. The van der Waals surface area contributed by atoms with E-state index in [2.05, 4.69) is 0 Å². The molecule has 0 saturated carbocycles. The van der Waals surface area contributed by atoms with Crippen LogP contribution < -0.4 is 0 Å². The number of ether oxygens (including phenoxy) is 4. The number of methoxy groups -OCH3 is 1. The molecule has 0 spiro atoms. The van der Waals surface area contributed by atoms with Crippen LogP contribution in [0.2, 0.25) is 0 Å². The van der Waals surface area contributed by atoms with Gasteiger partial charge in [-0.3, -0.25) is 0 Å². The predicted octanol–water partition coefficient (Wildman–Crippen LogP) is 0.441. The van der Waals surface area contributed by atoms with Crippen LogP contribution in [-0.4, -0.2) is 66.3 Å². The fraction of sp³-hybridized carbons (Fsp3) is 1.00. The molecule has 0 aromatic rings. The Kier molecular flexibility index (Phi) is 5.39. The summed E-state index contributed by atoms with van der Waals surface area (Å²) in [5.74, 6) is 0. The van der Waals surface area contributed by atoms with Crippen LogP contribution in [0.1, 0.15) is 33.6 Å². The summed E-state index contributed by atoms with van der Waals surface area (Å²) in [6, 6.07) is 0. The number of hydrogen-bond donors (Lipinski definition) is 2. The maximum atomic E-state index is 9.81. The second kappa shape index (κ2) is 6.68. The molecular weight excluding hydrogens is 264 g/mol. The Morgan fingerprint density at radius 2 is 1.70 bits per heavy atom. The third kappa shape index (κ3) is 3.50. The van der Waals surface area contributed by atoms with E-state index in [-0.39, 0.29) is 30.8 Å². The van der Waals surface area contributed by atoms with Crippen molar-refractivity contribution in [2.75, 3.05) is 7.11 Å². The molecule has 6 nitrogen and oxygen atoms in total. The van der Waals surface area contributed by atoms with Crippen LogP contribution >= 0.6 is 0 Å². The summed E-state index contributed by atoms with van der Waals surface area (Å²) in [5, 5.41) is 19.5. The molecule has 6 heteroatoms. The van der Waals surface area contributed by atoms with Crippen molar-refractivity contribution in [2.24, 2.45) is 0 Å². The lowest BCUT2D eigenvalue weighted by molar-refractivity contribution is -0.294. The molecule has 2 rings (SSSR count). The van der Waals surface area contributed by atoms with Gasteiger partial charge in [-0.15, -0.1) is 0 Å². The first-order valence-corrected chi connectivity index (χ1v) is 7.27. The van der Waals surface area contributed by atoms with Crippen LogP contribution in [-0.2, 0) is 18.9 Å². The smallest absolute Gasteiger partial charge is 0.161 e. The largest absolute Gasteiger partial charge is 0.390 e. The first-order valence-electron chi connectivity index (χ1n) is 7.27. The van der Waals surface area contributed by atoms with E-state index in [1.54, 1.807) is 14.0 Å². The minimum absolute atomic E-state index is 0.0587. The number of hydrogen-bond acceptors (Lipinski definition) is 6. The maximum absolute atomic E-state index is 9.81. The summed E-state index contributed by atoms with van der Waals surface area (Å²) in [5.41, 5.74) is 0. The second-order valence-electron chi connectivity index (χ2n) is 5.83. The molecule has 2 heterocycles. The molecule has 0 radical (unpaired) electrons. The Morgan fingerprint density at radius 1 is 1.00 bits per heavy atom. The molecule has 2 aliphatic heterocycles. The Bertz CT molecular complexity index is 300. The van der Waals surface area contributed by atoms with Crippen LogP contribution in [0.4, 0.5) is 0 Å². The molecule has 20 heavy (non-hydrogen) atoms. The van der Waals surface area contributed by atoms with Crippen molar-refractivity contribution in [3.63, 3.8) is 0 Å². The molecule has 2 fully saturated rings. The fourth-order valence-corrected chi connectivity index (χ4v) is 2.98. The summed E-state index contributed by atoms with van der Waals surface area (Å²) in [6.45, 7) is 5.68. The van der Waals surface area contributed by atoms with Crippen LogP contribution in [0.3, 0.4) is 0 Å². The molecule has 2 N–H and O–H groups in total. The van der Waals surface area contributed by atoms with Crippen molar-refractivity contribution in [3.05, 3.63) is 0 Å². The van der Waals surface area contributed by atoms with Crippen molar-refractivity contribution in [2.45, 2.75) is 82.6 Å². The van der Waals surface area contributed by atoms with Crippen molar-refractivity contribution in [1.82, 2.24) is 0 Å². The normalized spacial score (nSPS) is 50.1. The third-order valence-electron chi connectivity index (χ3n) is 4.13. The second-order valence-corrected chi connectivity index (χ2v) is 5.83.